The lowest BCUT2D eigenvalue weighted by molar-refractivity contribution is -0.131. The van der Waals surface area contributed by atoms with Crippen LogP contribution in [0.4, 0.5) is 4.79 Å². The van der Waals surface area contributed by atoms with Crippen molar-refractivity contribution in [2.45, 2.75) is 78.9 Å². The van der Waals surface area contributed by atoms with Crippen LogP contribution in [0.1, 0.15) is 71.8 Å². The van der Waals surface area contributed by atoms with E-state index in [1.807, 2.05) is 37.4 Å². The van der Waals surface area contributed by atoms with Crippen molar-refractivity contribution in [3.8, 4) is 0 Å². The lowest BCUT2D eigenvalue weighted by Crippen LogP contribution is -2.44. The molecular weight excluding hydrogens is 444 g/mol. The number of aliphatic hydroxyl groups is 1. The zero-order valence-electron chi connectivity index (χ0n) is 22.3. The molecule has 0 saturated heterocycles. The minimum absolute atomic E-state index is 0.0538. The minimum atomic E-state index is -0.824. The predicted molar refractivity (Wildman–Crippen MR) is 138 cm³/mol. The molecule has 1 aliphatic carbocycles. The number of benzene rings is 1. The smallest absolute Gasteiger partial charge is 0.407 e. The second kappa shape index (κ2) is 13.8. The quantitative estimate of drug-likeness (QED) is 0.307. The Morgan fingerprint density at radius 2 is 1.91 bits per heavy atom. The second-order valence-electron chi connectivity index (χ2n) is 11.2. The van der Waals surface area contributed by atoms with Gasteiger partial charge in [0.05, 0.1) is 13.2 Å². The van der Waals surface area contributed by atoms with E-state index >= 15 is 0 Å². The summed E-state index contributed by atoms with van der Waals surface area (Å²) in [5, 5.41) is 13.4. The standard InChI is InChI=1S/C28H46N2O5/c1-6-34-26(33)29-21-28(4)19-23(18-27(2,3)20-28)17-25(32)35-16-10-15-30(5)24(31)14-13-22-11-8-7-9-12-22/h7-9,11-12,23,25,32H,6,10,13-21H2,1-5H3,(H,29,33)/t23?,25-,28?/m1/s1. The van der Waals surface area contributed by atoms with Crippen LogP contribution in [-0.2, 0) is 20.7 Å². The summed E-state index contributed by atoms with van der Waals surface area (Å²) < 4.78 is 10.7. The Labute approximate surface area is 211 Å². The molecule has 2 amide bonds. The maximum atomic E-state index is 12.4. The molecular formula is C28H46N2O5. The van der Waals surface area contributed by atoms with Crippen molar-refractivity contribution in [2.24, 2.45) is 16.7 Å². The van der Waals surface area contributed by atoms with Gasteiger partial charge in [0.25, 0.3) is 0 Å². The van der Waals surface area contributed by atoms with Gasteiger partial charge in [-0.2, -0.15) is 0 Å². The first-order valence-corrected chi connectivity index (χ1v) is 13.0. The van der Waals surface area contributed by atoms with Crippen LogP contribution in [0.5, 0.6) is 0 Å². The van der Waals surface area contributed by atoms with Gasteiger partial charge in [-0.25, -0.2) is 4.79 Å². The zero-order chi connectivity index (χ0) is 25.9. The van der Waals surface area contributed by atoms with Gasteiger partial charge < -0.3 is 24.8 Å². The van der Waals surface area contributed by atoms with E-state index in [4.69, 9.17) is 9.47 Å². The van der Waals surface area contributed by atoms with E-state index < -0.39 is 6.29 Å². The molecule has 2 unspecified atom stereocenters. The van der Waals surface area contributed by atoms with E-state index in [0.29, 0.717) is 51.5 Å². The largest absolute Gasteiger partial charge is 0.450 e. The van der Waals surface area contributed by atoms with Crippen LogP contribution < -0.4 is 5.32 Å². The van der Waals surface area contributed by atoms with Crippen molar-refractivity contribution in [1.29, 1.82) is 0 Å². The van der Waals surface area contributed by atoms with Crippen LogP contribution in [0.2, 0.25) is 0 Å². The number of amides is 2. The van der Waals surface area contributed by atoms with Crippen LogP contribution in [0.25, 0.3) is 0 Å². The van der Waals surface area contributed by atoms with Crippen molar-refractivity contribution < 1.29 is 24.2 Å². The number of ether oxygens (including phenoxy) is 2. The predicted octanol–water partition coefficient (Wildman–Crippen LogP) is 4.77. The number of carbonyl (C=O) groups excluding carboxylic acids is 2. The van der Waals surface area contributed by atoms with Crippen LogP contribution in [0, 0.1) is 16.7 Å². The molecule has 1 saturated carbocycles. The SMILES string of the molecule is CCOC(=O)NCC1(C)CC(C[C@H](O)OCCCN(C)C(=O)CCc2ccccc2)CC(C)(C)C1. The third kappa shape index (κ3) is 11.0. The molecule has 3 atom stereocenters. The zero-order valence-corrected chi connectivity index (χ0v) is 22.3. The highest BCUT2D eigenvalue weighted by Gasteiger charge is 2.41. The third-order valence-corrected chi connectivity index (χ3v) is 6.84. The van der Waals surface area contributed by atoms with Crippen molar-refractivity contribution >= 4 is 12.0 Å². The number of aryl methyl sites for hydroxylation is 1. The van der Waals surface area contributed by atoms with Crippen molar-refractivity contribution in [3.63, 3.8) is 0 Å². The van der Waals surface area contributed by atoms with Gasteiger partial charge in [-0.15, -0.1) is 0 Å². The average molecular weight is 491 g/mol. The molecule has 0 spiro atoms. The third-order valence-electron chi connectivity index (χ3n) is 6.84. The molecule has 0 aromatic heterocycles. The van der Waals surface area contributed by atoms with Crippen molar-refractivity contribution in [2.75, 3.05) is 33.4 Å². The molecule has 35 heavy (non-hydrogen) atoms. The molecule has 198 valence electrons. The van der Waals surface area contributed by atoms with E-state index in [1.54, 1.807) is 11.8 Å². The first-order valence-electron chi connectivity index (χ1n) is 13.0. The molecule has 2 N–H and O–H groups in total. The summed E-state index contributed by atoms with van der Waals surface area (Å²) in [5.41, 5.74) is 1.23. The number of carbonyl (C=O) groups is 2. The maximum absolute atomic E-state index is 12.4. The van der Waals surface area contributed by atoms with Gasteiger partial charge >= 0.3 is 6.09 Å². The van der Waals surface area contributed by atoms with Gasteiger partial charge in [-0.05, 0) is 61.3 Å². The van der Waals surface area contributed by atoms with Crippen LogP contribution in [-0.4, -0.2) is 61.6 Å². The fourth-order valence-corrected chi connectivity index (χ4v) is 5.71. The summed E-state index contributed by atoms with van der Waals surface area (Å²) in [4.78, 5) is 25.9. The number of hydrogen-bond donors (Lipinski definition) is 2. The molecule has 1 aromatic rings. The van der Waals surface area contributed by atoms with E-state index in [1.165, 1.54) is 5.56 Å². The lowest BCUT2D eigenvalue weighted by atomic mass is 9.60. The number of hydrogen-bond acceptors (Lipinski definition) is 5. The average Bonchev–Trinajstić information content (AvgIpc) is 2.78. The minimum Gasteiger partial charge on any atom is -0.450 e. The number of nitrogens with zero attached hydrogens (tertiary/aromatic N) is 1. The Hall–Kier alpha value is -2.12. The first kappa shape index (κ1) is 29.1. The van der Waals surface area contributed by atoms with Crippen molar-refractivity contribution in [3.05, 3.63) is 35.9 Å². The first-order chi connectivity index (χ1) is 16.5. The molecule has 0 bridgehead atoms. The topological polar surface area (TPSA) is 88.1 Å². The molecule has 0 heterocycles. The van der Waals surface area contributed by atoms with Crippen LogP contribution >= 0.6 is 0 Å². The molecule has 1 aromatic carbocycles. The Balaban J connectivity index is 1.69. The Morgan fingerprint density at radius 3 is 2.60 bits per heavy atom. The lowest BCUT2D eigenvalue weighted by Gasteiger charge is -2.47. The Kier molecular flexibility index (Phi) is 11.5. The summed E-state index contributed by atoms with van der Waals surface area (Å²) in [7, 11) is 1.82. The summed E-state index contributed by atoms with van der Waals surface area (Å²) in [6.07, 6.45) is 4.23. The summed E-state index contributed by atoms with van der Waals surface area (Å²) in [5.74, 6) is 0.430. The van der Waals surface area contributed by atoms with Gasteiger partial charge in [0.15, 0.2) is 6.29 Å². The monoisotopic (exact) mass is 490 g/mol. The number of alkyl carbamates (subject to hydrolysis) is 1. The van der Waals surface area contributed by atoms with Gasteiger partial charge in [0, 0.05) is 33.0 Å². The molecule has 0 aliphatic heterocycles. The van der Waals surface area contributed by atoms with Gasteiger partial charge in [-0.3, -0.25) is 4.79 Å². The second-order valence-corrected chi connectivity index (χ2v) is 11.2. The van der Waals surface area contributed by atoms with Gasteiger partial charge in [-0.1, -0.05) is 51.1 Å². The van der Waals surface area contributed by atoms with E-state index in [2.05, 4.69) is 26.1 Å². The Bertz CT molecular complexity index is 785. The normalized spacial score (nSPS) is 22.3. The van der Waals surface area contributed by atoms with Crippen LogP contribution in [0.3, 0.4) is 0 Å². The highest BCUT2D eigenvalue weighted by Crippen LogP contribution is 2.49. The number of rotatable bonds is 13. The van der Waals surface area contributed by atoms with Gasteiger partial charge in [0.1, 0.15) is 0 Å². The highest BCUT2D eigenvalue weighted by molar-refractivity contribution is 5.76. The Morgan fingerprint density at radius 1 is 1.20 bits per heavy atom. The molecule has 1 fully saturated rings. The van der Waals surface area contributed by atoms with Gasteiger partial charge in [0.2, 0.25) is 5.91 Å². The summed E-state index contributed by atoms with van der Waals surface area (Å²) in [6, 6.07) is 10.0. The maximum Gasteiger partial charge on any atom is 0.407 e. The fourth-order valence-electron chi connectivity index (χ4n) is 5.71. The summed E-state index contributed by atoms with van der Waals surface area (Å²) in [6.45, 7) is 10.4. The highest BCUT2D eigenvalue weighted by atomic mass is 16.6. The molecule has 7 nitrogen and oxygen atoms in total. The van der Waals surface area contributed by atoms with E-state index in [-0.39, 0.29) is 22.8 Å². The van der Waals surface area contributed by atoms with E-state index in [9.17, 15) is 14.7 Å². The number of nitrogens with one attached hydrogen (secondary N) is 1. The van der Waals surface area contributed by atoms with Crippen molar-refractivity contribution in [1.82, 2.24) is 10.2 Å². The molecule has 7 heteroatoms. The molecule has 2 rings (SSSR count). The number of aliphatic hydroxyl groups excluding tert-OH is 1. The van der Waals surface area contributed by atoms with Crippen LogP contribution in [0.15, 0.2) is 30.3 Å². The molecule has 1 aliphatic rings. The summed E-state index contributed by atoms with van der Waals surface area (Å²) >= 11 is 0. The van der Waals surface area contributed by atoms with E-state index in [0.717, 1.165) is 25.7 Å². The molecule has 0 radical (unpaired) electrons. The fraction of sp³-hybridized carbons (Fsp3) is 0.714.